The lowest BCUT2D eigenvalue weighted by Gasteiger charge is -2.57. The molecule has 0 aliphatic heterocycles. The van der Waals surface area contributed by atoms with E-state index in [9.17, 15) is 9.59 Å². The van der Waals surface area contributed by atoms with Crippen LogP contribution in [0.5, 0.6) is 0 Å². The van der Waals surface area contributed by atoms with Crippen LogP contribution in [0.2, 0.25) is 0 Å². The molecule has 3 aliphatic carbocycles. The summed E-state index contributed by atoms with van der Waals surface area (Å²) >= 11 is 0. The smallest absolute Gasteiger partial charge is 0.159 e. The number of Topliss-reactive ketones (excluding diaryl/α,β-unsaturated/α-hetero) is 2. The molecule has 0 bridgehead atoms. The van der Waals surface area contributed by atoms with Crippen LogP contribution in [0, 0.1) is 10.8 Å². The molecule has 5 rings (SSSR count). The highest BCUT2D eigenvalue weighted by Gasteiger charge is 2.70. The molecule has 2 aromatic rings. The van der Waals surface area contributed by atoms with Gasteiger partial charge in [0.2, 0.25) is 0 Å². The third-order valence-corrected chi connectivity index (χ3v) is 9.96. The monoisotopic (exact) mass is 484 g/mol. The van der Waals surface area contributed by atoms with Crippen molar-refractivity contribution in [3.63, 3.8) is 0 Å². The maximum atomic E-state index is 13.7. The minimum atomic E-state index is -0.647. The zero-order chi connectivity index (χ0) is 25.2. The van der Waals surface area contributed by atoms with Gasteiger partial charge in [0, 0.05) is 0 Å². The van der Waals surface area contributed by atoms with Crippen molar-refractivity contribution in [1.29, 1.82) is 0 Å². The second kappa shape index (κ2) is 10.6. The fourth-order valence-electron chi connectivity index (χ4n) is 7.53. The number of unbranched alkanes of at least 4 members (excludes halogenated alkanes) is 2. The number of hydrogen-bond acceptors (Lipinski definition) is 2. The summed E-state index contributed by atoms with van der Waals surface area (Å²) in [6, 6.07) is 18.3. The average molecular weight is 485 g/mol. The molecular formula is C34H44O2. The maximum absolute atomic E-state index is 13.7. The van der Waals surface area contributed by atoms with Crippen LogP contribution in [0.15, 0.2) is 48.5 Å². The van der Waals surface area contributed by atoms with Crippen molar-refractivity contribution in [1.82, 2.24) is 0 Å². The lowest BCUT2D eigenvalue weighted by molar-refractivity contribution is -0.177. The minimum absolute atomic E-state index is 0.307. The first-order chi connectivity index (χ1) is 17.5. The Hall–Kier alpha value is -2.22. The summed E-state index contributed by atoms with van der Waals surface area (Å²) in [5, 5.41) is 0. The molecule has 36 heavy (non-hydrogen) atoms. The summed E-state index contributed by atoms with van der Waals surface area (Å²) in [4.78, 5) is 27.4. The fourth-order valence-corrected chi connectivity index (χ4v) is 7.53. The van der Waals surface area contributed by atoms with Gasteiger partial charge in [0.1, 0.15) is 0 Å². The van der Waals surface area contributed by atoms with Crippen molar-refractivity contribution in [3.05, 3.63) is 70.8 Å². The van der Waals surface area contributed by atoms with E-state index in [2.05, 4.69) is 62.4 Å². The highest BCUT2D eigenvalue weighted by Crippen LogP contribution is 2.62. The van der Waals surface area contributed by atoms with Crippen molar-refractivity contribution in [2.75, 3.05) is 0 Å². The van der Waals surface area contributed by atoms with Crippen molar-refractivity contribution in [2.45, 2.75) is 116 Å². The molecule has 0 atom stereocenters. The van der Waals surface area contributed by atoms with Gasteiger partial charge in [0.05, 0.1) is 10.8 Å². The lowest BCUT2D eigenvalue weighted by atomic mass is 9.42. The molecular weight excluding hydrogens is 440 g/mol. The molecule has 192 valence electrons. The summed E-state index contributed by atoms with van der Waals surface area (Å²) < 4.78 is 0. The molecule has 2 spiro atoms. The van der Waals surface area contributed by atoms with Crippen LogP contribution in [0.3, 0.4) is 0 Å². The predicted octanol–water partition coefficient (Wildman–Crippen LogP) is 8.51. The van der Waals surface area contributed by atoms with Crippen LogP contribution in [0.4, 0.5) is 0 Å². The van der Waals surface area contributed by atoms with E-state index in [0.29, 0.717) is 23.4 Å². The molecule has 2 aromatic carbocycles. The molecule has 0 amide bonds. The molecule has 3 saturated carbocycles. The molecule has 0 N–H and O–H groups in total. The topological polar surface area (TPSA) is 34.1 Å². The Morgan fingerprint density at radius 1 is 0.583 bits per heavy atom. The molecule has 0 aromatic heterocycles. The molecule has 3 fully saturated rings. The average Bonchev–Trinajstić information content (AvgIpc) is 2.95. The van der Waals surface area contributed by atoms with Gasteiger partial charge >= 0.3 is 0 Å². The molecule has 0 unspecified atom stereocenters. The van der Waals surface area contributed by atoms with Crippen molar-refractivity contribution < 1.29 is 9.59 Å². The van der Waals surface area contributed by atoms with E-state index in [-0.39, 0.29) is 0 Å². The summed E-state index contributed by atoms with van der Waals surface area (Å²) in [6.07, 6.45) is 14.1. The predicted molar refractivity (Wildman–Crippen MR) is 147 cm³/mol. The Bertz CT molecular complexity index is 942. The third kappa shape index (κ3) is 4.50. The van der Waals surface area contributed by atoms with Gasteiger partial charge in [-0.05, 0) is 111 Å². The number of carbonyl (C=O) groups excluding carboxylic acids is 2. The van der Waals surface area contributed by atoms with Crippen LogP contribution in [0.1, 0.15) is 125 Å². The highest BCUT2D eigenvalue weighted by atomic mass is 16.2. The van der Waals surface area contributed by atoms with E-state index in [1.165, 1.54) is 47.9 Å². The largest absolute Gasteiger partial charge is 0.297 e. The van der Waals surface area contributed by atoms with E-state index in [1.54, 1.807) is 0 Å². The second-order valence-electron chi connectivity index (χ2n) is 12.1. The molecule has 3 aliphatic rings. The highest BCUT2D eigenvalue weighted by molar-refractivity contribution is 6.30. The normalized spacial score (nSPS) is 30.1. The van der Waals surface area contributed by atoms with Gasteiger partial charge in [0.25, 0.3) is 0 Å². The van der Waals surface area contributed by atoms with Gasteiger partial charge < -0.3 is 0 Å². The zero-order valence-corrected chi connectivity index (χ0v) is 22.5. The van der Waals surface area contributed by atoms with Crippen LogP contribution in [-0.2, 0) is 22.4 Å². The van der Waals surface area contributed by atoms with Crippen molar-refractivity contribution in [3.8, 4) is 0 Å². The summed E-state index contributed by atoms with van der Waals surface area (Å²) in [7, 11) is 0. The van der Waals surface area contributed by atoms with Gasteiger partial charge in [-0.1, -0.05) is 75.2 Å². The molecule has 2 nitrogen and oxygen atoms in total. The van der Waals surface area contributed by atoms with Crippen LogP contribution in [-0.4, -0.2) is 11.6 Å². The molecule has 0 radical (unpaired) electrons. The minimum Gasteiger partial charge on any atom is -0.297 e. The van der Waals surface area contributed by atoms with Crippen molar-refractivity contribution in [2.24, 2.45) is 10.8 Å². The second-order valence-corrected chi connectivity index (χ2v) is 12.1. The van der Waals surface area contributed by atoms with Crippen LogP contribution in [0.25, 0.3) is 0 Å². The quantitative estimate of drug-likeness (QED) is 0.352. The first kappa shape index (κ1) is 25.4. The van der Waals surface area contributed by atoms with Gasteiger partial charge in [0.15, 0.2) is 11.6 Å². The Kier molecular flexibility index (Phi) is 7.52. The van der Waals surface area contributed by atoms with Crippen LogP contribution < -0.4 is 0 Å². The SMILES string of the molecule is CCCCc1ccc(C2CCC3(CC2)C(=O)C2(CCC(c4ccc(CCCC)cc4)CC2)C3=O)cc1. The molecule has 0 saturated heterocycles. The van der Waals surface area contributed by atoms with E-state index in [0.717, 1.165) is 64.2 Å². The molecule has 2 heteroatoms. The lowest BCUT2D eigenvalue weighted by Crippen LogP contribution is -2.68. The number of hydrogen-bond donors (Lipinski definition) is 0. The Balaban J connectivity index is 1.16. The first-order valence-electron chi connectivity index (χ1n) is 14.8. The summed E-state index contributed by atoms with van der Waals surface area (Å²) in [5.41, 5.74) is 4.32. The summed E-state index contributed by atoms with van der Waals surface area (Å²) in [6.45, 7) is 4.47. The first-order valence-corrected chi connectivity index (χ1v) is 14.8. The third-order valence-electron chi connectivity index (χ3n) is 9.96. The molecule has 0 heterocycles. The van der Waals surface area contributed by atoms with Crippen LogP contribution >= 0.6 is 0 Å². The maximum Gasteiger partial charge on any atom is 0.159 e. The van der Waals surface area contributed by atoms with Gasteiger partial charge in [-0.25, -0.2) is 0 Å². The van der Waals surface area contributed by atoms with Gasteiger partial charge in [-0.3, -0.25) is 9.59 Å². The fraction of sp³-hybridized carbons (Fsp3) is 0.588. The Morgan fingerprint density at radius 3 is 1.22 bits per heavy atom. The zero-order valence-electron chi connectivity index (χ0n) is 22.5. The van der Waals surface area contributed by atoms with Crippen molar-refractivity contribution >= 4 is 11.6 Å². The summed E-state index contributed by atoms with van der Waals surface area (Å²) in [5.74, 6) is 1.59. The number of rotatable bonds is 8. The number of carbonyl (C=O) groups is 2. The van der Waals surface area contributed by atoms with E-state index in [1.807, 2.05) is 0 Å². The van der Waals surface area contributed by atoms with E-state index >= 15 is 0 Å². The Labute approximate surface area is 218 Å². The van der Waals surface area contributed by atoms with Gasteiger partial charge in [-0.2, -0.15) is 0 Å². The number of benzene rings is 2. The van der Waals surface area contributed by atoms with E-state index in [4.69, 9.17) is 0 Å². The van der Waals surface area contributed by atoms with E-state index < -0.39 is 10.8 Å². The van der Waals surface area contributed by atoms with Gasteiger partial charge in [-0.15, -0.1) is 0 Å². The number of aryl methyl sites for hydroxylation is 2. The number of ketones is 2. The Morgan fingerprint density at radius 2 is 0.917 bits per heavy atom. The standard InChI is InChI=1S/C34H44O2/c1-3-5-7-25-9-13-27(14-10-25)29-17-21-33(22-18-29)31(35)34(32(33)36)23-19-30(20-24-34)28-15-11-26(12-16-28)8-6-4-2/h9-16,29-30H,3-8,17-24H2,1-2H3.